The minimum Gasteiger partial charge on any atom is -0.497 e. The molecule has 0 aliphatic heterocycles. The van der Waals surface area contributed by atoms with Crippen molar-refractivity contribution in [3.8, 4) is 5.75 Å². The lowest BCUT2D eigenvalue weighted by molar-refractivity contribution is 0.410. The summed E-state index contributed by atoms with van der Waals surface area (Å²) in [6.45, 7) is 3.88. The molecule has 0 amide bonds. The molecule has 2 rings (SSSR count). The molecule has 2 aromatic rings. The lowest BCUT2D eigenvalue weighted by atomic mass is 10.1. The zero-order valence-electron chi connectivity index (χ0n) is 11.7. The number of halogens is 2. The highest BCUT2D eigenvalue weighted by molar-refractivity contribution is 6.33. The van der Waals surface area contributed by atoms with Gasteiger partial charge in [-0.1, -0.05) is 23.7 Å². The number of hydrogen-bond acceptors (Lipinski definition) is 2. The quantitative estimate of drug-likeness (QED) is 0.859. The number of methoxy groups -OCH3 is 1. The molecule has 0 saturated heterocycles. The molecule has 20 heavy (non-hydrogen) atoms. The maximum absolute atomic E-state index is 14.0. The zero-order chi connectivity index (χ0) is 14.7. The Labute approximate surface area is 123 Å². The Morgan fingerprint density at radius 1 is 1.20 bits per heavy atom. The van der Waals surface area contributed by atoms with E-state index in [-0.39, 0.29) is 11.9 Å². The summed E-state index contributed by atoms with van der Waals surface area (Å²) < 4.78 is 19.0. The first-order chi connectivity index (χ1) is 9.51. The lowest BCUT2D eigenvalue weighted by Crippen LogP contribution is -2.09. The maximum atomic E-state index is 14.0. The largest absolute Gasteiger partial charge is 0.497 e. The van der Waals surface area contributed by atoms with Gasteiger partial charge in [0.1, 0.15) is 11.6 Å². The van der Waals surface area contributed by atoms with E-state index in [0.29, 0.717) is 16.3 Å². The number of benzene rings is 2. The van der Waals surface area contributed by atoms with Gasteiger partial charge in [0.05, 0.1) is 23.9 Å². The Balaban J connectivity index is 2.23. The van der Waals surface area contributed by atoms with Gasteiger partial charge in [-0.2, -0.15) is 0 Å². The van der Waals surface area contributed by atoms with Gasteiger partial charge < -0.3 is 10.1 Å². The standard InChI is InChI=1S/C16H17ClFNO/c1-10-4-7-14(17)16(8-10)19-11(2)13-6-5-12(20-3)9-15(13)18/h4-9,11,19H,1-3H3. The van der Waals surface area contributed by atoms with Crippen LogP contribution >= 0.6 is 11.6 Å². The number of hydrogen-bond donors (Lipinski definition) is 1. The van der Waals surface area contributed by atoms with E-state index >= 15 is 0 Å². The summed E-state index contributed by atoms with van der Waals surface area (Å²) in [6.07, 6.45) is 0. The predicted octanol–water partition coefficient (Wildman–Crippen LogP) is 4.97. The summed E-state index contributed by atoms with van der Waals surface area (Å²) in [5.41, 5.74) is 2.47. The van der Waals surface area contributed by atoms with Gasteiger partial charge in [-0.3, -0.25) is 0 Å². The van der Waals surface area contributed by atoms with E-state index in [1.54, 1.807) is 12.1 Å². The van der Waals surface area contributed by atoms with Gasteiger partial charge in [-0.25, -0.2) is 4.39 Å². The third-order valence-corrected chi connectivity index (χ3v) is 3.50. The summed E-state index contributed by atoms with van der Waals surface area (Å²) >= 11 is 6.14. The van der Waals surface area contributed by atoms with E-state index in [1.165, 1.54) is 13.2 Å². The number of rotatable bonds is 4. The van der Waals surface area contributed by atoms with Crippen LogP contribution < -0.4 is 10.1 Å². The highest BCUT2D eigenvalue weighted by Crippen LogP contribution is 2.29. The highest BCUT2D eigenvalue weighted by atomic mass is 35.5. The minimum atomic E-state index is -0.298. The minimum absolute atomic E-state index is 0.194. The van der Waals surface area contributed by atoms with Crippen LogP contribution in [0.4, 0.5) is 10.1 Å². The van der Waals surface area contributed by atoms with Crippen LogP contribution in [0.3, 0.4) is 0 Å². The Morgan fingerprint density at radius 2 is 1.95 bits per heavy atom. The maximum Gasteiger partial charge on any atom is 0.132 e. The van der Waals surface area contributed by atoms with E-state index in [0.717, 1.165) is 11.3 Å². The second-order valence-electron chi connectivity index (χ2n) is 4.74. The van der Waals surface area contributed by atoms with Crippen LogP contribution in [0.2, 0.25) is 5.02 Å². The third kappa shape index (κ3) is 3.23. The van der Waals surface area contributed by atoms with Gasteiger partial charge in [0, 0.05) is 11.6 Å². The van der Waals surface area contributed by atoms with Gasteiger partial charge in [0.25, 0.3) is 0 Å². The molecule has 0 aliphatic rings. The third-order valence-electron chi connectivity index (χ3n) is 3.17. The summed E-state index contributed by atoms with van der Waals surface area (Å²) in [5, 5.41) is 3.85. The smallest absolute Gasteiger partial charge is 0.132 e. The van der Waals surface area contributed by atoms with Crippen LogP contribution in [-0.2, 0) is 0 Å². The summed E-state index contributed by atoms with van der Waals surface area (Å²) in [7, 11) is 1.52. The van der Waals surface area contributed by atoms with Crippen LogP contribution in [-0.4, -0.2) is 7.11 Å². The molecule has 0 spiro atoms. The fourth-order valence-electron chi connectivity index (χ4n) is 2.05. The fraction of sp³-hybridized carbons (Fsp3) is 0.250. The lowest BCUT2D eigenvalue weighted by Gasteiger charge is -2.18. The molecule has 0 radical (unpaired) electrons. The van der Waals surface area contributed by atoms with E-state index < -0.39 is 0 Å². The predicted molar refractivity (Wildman–Crippen MR) is 81.2 cm³/mol. The van der Waals surface area contributed by atoms with Crippen LogP contribution in [0.25, 0.3) is 0 Å². The molecule has 1 N–H and O–H groups in total. The second-order valence-corrected chi connectivity index (χ2v) is 5.14. The van der Waals surface area contributed by atoms with Crippen molar-refractivity contribution in [2.45, 2.75) is 19.9 Å². The summed E-state index contributed by atoms with van der Waals surface area (Å²) in [4.78, 5) is 0. The molecule has 0 aromatic heterocycles. The molecule has 2 nitrogen and oxygen atoms in total. The number of anilines is 1. The molecule has 0 bridgehead atoms. The van der Waals surface area contributed by atoms with Crippen molar-refractivity contribution in [3.05, 3.63) is 58.4 Å². The van der Waals surface area contributed by atoms with Gasteiger partial charge >= 0.3 is 0 Å². The van der Waals surface area contributed by atoms with Crippen molar-refractivity contribution in [2.75, 3.05) is 12.4 Å². The van der Waals surface area contributed by atoms with E-state index in [2.05, 4.69) is 5.32 Å². The Hall–Kier alpha value is -1.74. The topological polar surface area (TPSA) is 21.3 Å². The van der Waals surface area contributed by atoms with E-state index in [1.807, 2.05) is 32.0 Å². The van der Waals surface area contributed by atoms with Crippen molar-refractivity contribution >= 4 is 17.3 Å². The SMILES string of the molecule is COc1ccc(C(C)Nc2cc(C)ccc2Cl)c(F)c1. The average molecular weight is 294 g/mol. The Morgan fingerprint density at radius 3 is 2.60 bits per heavy atom. The first-order valence-corrected chi connectivity index (χ1v) is 6.75. The fourth-order valence-corrected chi connectivity index (χ4v) is 2.22. The van der Waals surface area contributed by atoms with E-state index in [9.17, 15) is 4.39 Å². The number of aryl methyl sites for hydroxylation is 1. The van der Waals surface area contributed by atoms with Crippen molar-refractivity contribution in [2.24, 2.45) is 0 Å². The molecule has 0 saturated carbocycles. The number of nitrogens with one attached hydrogen (secondary N) is 1. The average Bonchev–Trinajstić information content (AvgIpc) is 2.42. The normalized spacial score (nSPS) is 12.1. The number of ether oxygens (including phenoxy) is 1. The van der Waals surface area contributed by atoms with Crippen molar-refractivity contribution in [1.29, 1.82) is 0 Å². The van der Waals surface area contributed by atoms with Gasteiger partial charge in [-0.05, 0) is 37.6 Å². The summed E-state index contributed by atoms with van der Waals surface area (Å²) in [5.74, 6) is 0.208. The molecule has 0 heterocycles. The Kier molecular flexibility index (Phi) is 4.50. The molecular weight excluding hydrogens is 277 g/mol. The molecular formula is C16H17ClFNO. The highest BCUT2D eigenvalue weighted by Gasteiger charge is 2.13. The summed E-state index contributed by atoms with van der Waals surface area (Å²) in [6, 6.07) is 10.4. The molecule has 0 fully saturated rings. The van der Waals surface area contributed by atoms with Crippen molar-refractivity contribution < 1.29 is 9.13 Å². The molecule has 4 heteroatoms. The van der Waals surface area contributed by atoms with Gasteiger partial charge in [-0.15, -0.1) is 0 Å². The van der Waals surface area contributed by atoms with Crippen LogP contribution in [0, 0.1) is 12.7 Å². The monoisotopic (exact) mass is 293 g/mol. The van der Waals surface area contributed by atoms with Crippen LogP contribution in [0.15, 0.2) is 36.4 Å². The van der Waals surface area contributed by atoms with Crippen molar-refractivity contribution in [3.63, 3.8) is 0 Å². The second kappa shape index (κ2) is 6.14. The molecule has 0 aliphatic carbocycles. The molecule has 2 aromatic carbocycles. The van der Waals surface area contributed by atoms with Gasteiger partial charge in [0.2, 0.25) is 0 Å². The van der Waals surface area contributed by atoms with Crippen molar-refractivity contribution in [1.82, 2.24) is 0 Å². The molecule has 1 atom stereocenters. The first-order valence-electron chi connectivity index (χ1n) is 6.37. The van der Waals surface area contributed by atoms with Gasteiger partial charge in [0.15, 0.2) is 0 Å². The van der Waals surface area contributed by atoms with Crippen LogP contribution in [0.5, 0.6) is 5.75 Å². The zero-order valence-corrected chi connectivity index (χ0v) is 12.5. The molecule has 1 unspecified atom stereocenters. The molecule has 106 valence electrons. The first kappa shape index (κ1) is 14.7. The Bertz CT molecular complexity index is 615. The van der Waals surface area contributed by atoms with E-state index in [4.69, 9.17) is 16.3 Å². The van der Waals surface area contributed by atoms with Crippen LogP contribution in [0.1, 0.15) is 24.1 Å².